The molecule has 7 heteroatoms. The summed E-state index contributed by atoms with van der Waals surface area (Å²) in [5.74, 6) is 0.471. The van der Waals surface area contributed by atoms with Crippen LogP contribution in [-0.4, -0.2) is 59.1 Å². The number of aliphatic hydroxyl groups is 1. The average Bonchev–Trinajstić information content (AvgIpc) is 3.13. The Bertz CT molecular complexity index is 651. The van der Waals surface area contributed by atoms with E-state index in [1.807, 2.05) is 47.2 Å². The minimum absolute atomic E-state index is 0.0483. The zero-order valence-corrected chi connectivity index (χ0v) is 14.0. The number of anilines is 1. The predicted molar refractivity (Wildman–Crippen MR) is 88.6 cm³/mol. The summed E-state index contributed by atoms with van der Waals surface area (Å²) in [5.41, 5.74) is 0.878. The summed E-state index contributed by atoms with van der Waals surface area (Å²) < 4.78 is 19.3. The van der Waals surface area contributed by atoms with Crippen molar-refractivity contribution in [1.82, 2.24) is 15.1 Å². The van der Waals surface area contributed by atoms with Crippen molar-refractivity contribution in [2.45, 2.75) is 31.7 Å². The number of aromatic nitrogens is 2. The molecule has 1 aliphatic rings. The van der Waals surface area contributed by atoms with E-state index in [1.165, 1.54) is 0 Å². The second kappa shape index (κ2) is 7.27. The minimum Gasteiger partial charge on any atom is -0.408 e. The highest BCUT2D eigenvalue weighted by molar-refractivity contribution is 5.30. The molecule has 1 unspecified atom stereocenters. The van der Waals surface area contributed by atoms with Crippen molar-refractivity contribution >= 4 is 6.01 Å². The van der Waals surface area contributed by atoms with E-state index in [9.17, 15) is 9.50 Å². The molecule has 1 aromatic carbocycles. The molecule has 1 saturated heterocycles. The van der Waals surface area contributed by atoms with Crippen LogP contribution >= 0.6 is 0 Å². The Morgan fingerprint density at radius 2 is 2.12 bits per heavy atom. The fourth-order valence-electron chi connectivity index (χ4n) is 3.18. The summed E-state index contributed by atoms with van der Waals surface area (Å²) in [4.78, 5) is 3.84. The first kappa shape index (κ1) is 16.9. The van der Waals surface area contributed by atoms with E-state index in [1.54, 1.807) is 6.92 Å². The highest BCUT2D eigenvalue weighted by atomic mass is 19.1. The maximum absolute atomic E-state index is 13.9. The van der Waals surface area contributed by atoms with Gasteiger partial charge in [0.15, 0.2) is 0 Å². The highest BCUT2D eigenvalue weighted by Gasteiger charge is 2.35. The number of benzene rings is 1. The molecule has 2 aromatic rings. The largest absolute Gasteiger partial charge is 0.408 e. The number of alkyl halides is 1. The van der Waals surface area contributed by atoms with Crippen molar-refractivity contribution in [2.75, 3.05) is 31.6 Å². The van der Waals surface area contributed by atoms with E-state index in [0.29, 0.717) is 31.4 Å². The lowest BCUT2D eigenvalue weighted by atomic mass is 10.1. The number of rotatable bonds is 6. The first-order chi connectivity index (χ1) is 11.5. The summed E-state index contributed by atoms with van der Waals surface area (Å²) >= 11 is 0. The molecule has 1 aliphatic heterocycles. The van der Waals surface area contributed by atoms with E-state index in [-0.39, 0.29) is 12.6 Å². The van der Waals surface area contributed by atoms with Crippen LogP contribution in [0.15, 0.2) is 34.7 Å². The molecule has 0 saturated carbocycles. The van der Waals surface area contributed by atoms with Gasteiger partial charge in [0.05, 0.1) is 12.6 Å². The number of hydrogen-bond acceptors (Lipinski definition) is 6. The molecule has 0 amide bonds. The molecule has 2 heterocycles. The van der Waals surface area contributed by atoms with Crippen LogP contribution in [0.4, 0.5) is 10.4 Å². The highest BCUT2D eigenvalue weighted by Crippen LogP contribution is 2.27. The van der Waals surface area contributed by atoms with E-state index >= 15 is 0 Å². The number of likely N-dealkylation sites (N-methyl/N-ethyl adjacent to an activating group) is 1. The van der Waals surface area contributed by atoms with Gasteiger partial charge in [0.2, 0.25) is 5.89 Å². The zero-order chi connectivity index (χ0) is 17.1. The van der Waals surface area contributed by atoms with Crippen molar-refractivity contribution in [1.29, 1.82) is 0 Å². The van der Waals surface area contributed by atoms with Crippen molar-refractivity contribution in [3.63, 3.8) is 0 Å². The van der Waals surface area contributed by atoms with Gasteiger partial charge in [-0.1, -0.05) is 35.4 Å². The van der Waals surface area contributed by atoms with Crippen LogP contribution in [0.2, 0.25) is 0 Å². The van der Waals surface area contributed by atoms with Crippen LogP contribution < -0.4 is 4.90 Å². The molecule has 3 atom stereocenters. The average molecular weight is 334 g/mol. The number of nitrogens with zero attached hydrogens (tertiary/aromatic N) is 4. The SMILES string of the molecule is Cc1nnc(N2C[C@@H](F)C[C@H]2CN(C)CC(O)c2ccccc2)o1. The van der Waals surface area contributed by atoms with Gasteiger partial charge >= 0.3 is 6.01 Å². The Hall–Kier alpha value is -1.99. The summed E-state index contributed by atoms with van der Waals surface area (Å²) in [6.07, 6.45) is -1.06. The van der Waals surface area contributed by atoms with Crippen LogP contribution in [0.5, 0.6) is 0 Å². The summed E-state index contributed by atoms with van der Waals surface area (Å²) in [6, 6.07) is 9.86. The number of halogens is 1. The third kappa shape index (κ3) is 3.91. The molecular formula is C17H23FN4O2. The summed E-state index contributed by atoms with van der Waals surface area (Å²) in [6.45, 7) is 3.08. The maximum Gasteiger partial charge on any atom is 0.318 e. The predicted octanol–water partition coefficient (Wildman–Crippen LogP) is 1.96. The molecule has 130 valence electrons. The maximum atomic E-state index is 13.9. The van der Waals surface area contributed by atoms with Crippen molar-refractivity contribution < 1.29 is 13.9 Å². The third-order valence-corrected chi connectivity index (χ3v) is 4.32. The summed E-state index contributed by atoms with van der Waals surface area (Å²) in [7, 11) is 1.93. The van der Waals surface area contributed by atoms with Crippen LogP contribution in [0, 0.1) is 6.92 Å². The van der Waals surface area contributed by atoms with Gasteiger partial charge in [0.25, 0.3) is 0 Å². The normalized spacial score (nSPS) is 22.3. The van der Waals surface area contributed by atoms with Crippen LogP contribution in [-0.2, 0) is 0 Å². The molecule has 0 radical (unpaired) electrons. The number of hydrogen-bond donors (Lipinski definition) is 1. The standard InChI is InChI=1S/C17H23FN4O2/c1-12-19-20-17(24-12)22-9-14(18)8-15(22)10-21(2)11-16(23)13-6-4-3-5-7-13/h3-7,14-16,23H,8-11H2,1-2H3/t14-,15-,16?/m0/s1. The third-order valence-electron chi connectivity index (χ3n) is 4.32. The quantitative estimate of drug-likeness (QED) is 0.871. The van der Waals surface area contributed by atoms with Crippen molar-refractivity contribution in [3.8, 4) is 0 Å². The molecule has 1 aromatic heterocycles. The van der Waals surface area contributed by atoms with E-state index in [2.05, 4.69) is 10.2 Å². The monoisotopic (exact) mass is 334 g/mol. The molecule has 6 nitrogen and oxygen atoms in total. The van der Waals surface area contributed by atoms with Gasteiger partial charge < -0.3 is 19.3 Å². The van der Waals surface area contributed by atoms with Gasteiger partial charge in [-0.05, 0) is 12.6 Å². The van der Waals surface area contributed by atoms with Crippen molar-refractivity contribution in [2.24, 2.45) is 0 Å². The van der Waals surface area contributed by atoms with E-state index < -0.39 is 12.3 Å². The summed E-state index contributed by atoms with van der Waals surface area (Å²) in [5, 5.41) is 18.2. The van der Waals surface area contributed by atoms with E-state index in [4.69, 9.17) is 4.42 Å². The lowest BCUT2D eigenvalue weighted by Crippen LogP contribution is -2.40. The Balaban J connectivity index is 1.61. The smallest absolute Gasteiger partial charge is 0.318 e. The van der Waals surface area contributed by atoms with Gasteiger partial charge in [-0.2, -0.15) is 0 Å². The Kier molecular flexibility index (Phi) is 5.11. The van der Waals surface area contributed by atoms with Crippen LogP contribution in [0.1, 0.15) is 24.0 Å². The van der Waals surface area contributed by atoms with Gasteiger partial charge in [0, 0.05) is 32.5 Å². The molecule has 1 N–H and O–H groups in total. The molecule has 0 spiro atoms. The Labute approximate surface area is 140 Å². The second-order valence-electron chi connectivity index (χ2n) is 6.39. The number of aliphatic hydroxyl groups excluding tert-OH is 1. The zero-order valence-electron chi connectivity index (χ0n) is 14.0. The molecule has 0 bridgehead atoms. The van der Waals surface area contributed by atoms with E-state index in [0.717, 1.165) is 5.56 Å². The van der Waals surface area contributed by atoms with Crippen molar-refractivity contribution in [3.05, 3.63) is 41.8 Å². The molecule has 0 aliphatic carbocycles. The Morgan fingerprint density at radius 1 is 1.38 bits per heavy atom. The van der Waals surface area contributed by atoms with Crippen LogP contribution in [0.3, 0.4) is 0 Å². The molecular weight excluding hydrogens is 311 g/mol. The van der Waals surface area contributed by atoms with Gasteiger partial charge in [-0.25, -0.2) is 4.39 Å². The topological polar surface area (TPSA) is 65.6 Å². The lowest BCUT2D eigenvalue weighted by Gasteiger charge is -2.28. The van der Waals surface area contributed by atoms with Gasteiger partial charge in [-0.3, -0.25) is 0 Å². The second-order valence-corrected chi connectivity index (χ2v) is 6.39. The first-order valence-corrected chi connectivity index (χ1v) is 8.15. The first-order valence-electron chi connectivity index (χ1n) is 8.15. The fourth-order valence-corrected chi connectivity index (χ4v) is 3.18. The number of aryl methyl sites for hydroxylation is 1. The molecule has 1 fully saturated rings. The molecule has 3 rings (SSSR count). The fraction of sp³-hybridized carbons (Fsp3) is 0.529. The van der Waals surface area contributed by atoms with Crippen LogP contribution in [0.25, 0.3) is 0 Å². The Morgan fingerprint density at radius 3 is 2.79 bits per heavy atom. The molecule has 24 heavy (non-hydrogen) atoms. The van der Waals surface area contributed by atoms with Gasteiger partial charge in [-0.15, -0.1) is 5.10 Å². The van der Waals surface area contributed by atoms with Gasteiger partial charge in [0.1, 0.15) is 6.17 Å². The lowest BCUT2D eigenvalue weighted by molar-refractivity contribution is 0.123. The minimum atomic E-state index is -0.908.